The predicted molar refractivity (Wildman–Crippen MR) is 260 cm³/mol. The van der Waals surface area contributed by atoms with E-state index in [1.165, 1.54) is 0 Å². The summed E-state index contributed by atoms with van der Waals surface area (Å²) in [4.78, 5) is 15.3. The summed E-state index contributed by atoms with van der Waals surface area (Å²) in [5.74, 6) is 1.66. The lowest BCUT2D eigenvalue weighted by atomic mass is 9.89. The molecule has 0 aliphatic heterocycles. The zero-order chi connectivity index (χ0) is 42.6. The van der Waals surface area contributed by atoms with Crippen LogP contribution in [0.25, 0.3) is 111 Å². The summed E-state index contributed by atoms with van der Waals surface area (Å²) < 4.78 is 4.62. The van der Waals surface area contributed by atoms with E-state index in [9.17, 15) is 5.26 Å². The summed E-state index contributed by atoms with van der Waals surface area (Å²) in [7, 11) is 0. The summed E-state index contributed by atoms with van der Waals surface area (Å²) >= 11 is 0. The zero-order valence-corrected chi connectivity index (χ0v) is 34.5. The van der Waals surface area contributed by atoms with E-state index in [0.29, 0.717) is 23.0 Å². The minimum Gasteiger partial charge on any atom is -0.309 e. The standard InChI is InChI=1S/C58H36N6/c59-37-51-47(40-29-31-54-49(33-40)45-25-13-15-27-52(45)63(54)43-21-9-3-10-22-43)35-42(58-61-56(38-17-5-1-6-18-38)60-57(62-58)39-19-7-2-8-20-39)36-48(51)41-30-32-55-50(34-41)46-26-14-16-28-53(46)64(55)44-23-11-4-12-24-44/h1-36H. The fraction of sp³-hybridized carbons (Fsp3) is 0. The van der Waals surface area contributed by atoms with Crippen LogP contribution in [0, 0.1) is 11.3 Å². The van der Waals surface area contributed by atoms with Crippen molar-refractivity contribution in [2.75, 3.05) is 0 Å². The van der Waals surface area contributed by atoms with Crippen molar-refractivity contribution in [1.29, 1.82) is 5.26 Å². The number of rotatable bonds is 7. The van der Waals surface area contributed by atoms with Gasteiger partial charge in [-0.1, -0.05) is 146 Å². The molecule has 3 aromatic heterocycles. The zero-order valence-electron chi connectivity index (χ0n) is 34.5. The van der Waals surface area contributed by atoms with Crippen molar-refractivity contribution >= 4 is 43.6 Å². The third kappa shape index (κ3) is 6.14. The van der Waals surface area contributed by atoms with Crippen molar-refractivity contribution in [3.05, 3.63) is 224 Å². The highest BCUT2D eigenvalue weighted by atomic mass is 15.0. The van der Waals surface area contributed by atoms with Crippen LogP contribution in [0.5, 0.6) is 0 Å². The molecule has 64 heavy (non-hydrogen) atoms. The molecule has 3 heterocycles. The number of nitriles is 1. The molecule has 0 fully saturated rings. The molecule has 0 unspecified atom stereocenters. The first kappa shape index (κ1) is 36.9. The fourth-order valence-electron chi connectivity index (χ4n) is 9.28. The minimum absolute atomic E-state index is 0.517. The van der Waals surface area contributed by atoms with E-state index >= 15 is 0 Å². The largest absolute Gasteiger partial charge is 0.309 e. The quantitative estimate of drug-likeness (QED) is 0.161. The molecule has 0 atom stereocenters. The van der Waals surface area contributed by atoms with Gasteiger partial charge in [-0.15, -0.1) is 0 Å². The molecule has 0 radical (unpaired) electrons. The van der Waals surface area contributed by atoms with Crippen molar-refractivity contribution in [2.45, 2.75) is 0 Å². The van der Waals surface area contributed by atoms with Gasteiger partial charge >= 0.3 is 0 Å². The number of nitrogens with zero attached hydrogens (tertiary/aromatic N) is 6. The molecule has 0 saturated carbocycles. The van der Waals surface area contributed by atoms with Gasteiger partial charge < -0.3 is 9.13 Å². The third-order valence-electron chi connectivity index (χ3n) is 12.2. The van der Waals surface area contributed by atoms with Gasteiger partial charge in [0.15, 0.2) is 17.5 Å². The first-order valence-corrected chi connectivity index (χ1v) is 21.3. The minimum atomic E-state index is 0.517. The van der Waals surface area contributed by atoms with Crippen LogP contribution in [0.1, 0.15) is 5.56 Å². The van der Waals surface area contributed by atoms with E-state index in [2.05, 4.69) is 161 Å². The number of aromatic nitrogens is 5. The van der Waals surface area contributed by atoms with Crippen molar-refractivity contribution in [2.24, 2.45) is 0 Å². The van der Waals surface area contributed by atoms with Crippen LogP contribution in [-0.2, 0) is 0 Å². The number of fused-ring (bicyclic) bond motifs is 6. The van der Waals surface area contributed by atoms with Gasteiger partial charge in [-0.2, -0.15) is 5.26 Å². The van der Waals surface area contributed by atoms with E-state index in [1.807, 2.05) is 72.8 Å². The Morgan fingerprint density at radius 2 is 0.672 bits per heavy atom. The highest BCUT2D eigenvalue weighted by molar-refractivity contribution is 6.12. The average Bonchev–Trinajstić information content (AvgIpc) is 3.89. The van der Waals surface area contributed by atoms with Gasteiger partial charge in [0, 0.05) is 60.7 Å². The van der Waals surface area contributed by atoms with Crippen molar-refractivity contribution in [1.82, 2.24) is 24.1 Å². The number of benzene rings is 9. The van der Waals surface area contributed by atoms with Gasteiger partial charge in [0.25, 0.3) is 0 Å². The Labute approximate surface area is 369 Å². The summed E-state index contributed by atoms with van der Waals surface area (Å²) in [5.41, 5.74) is 13.1. The second-order valence-corrected chi connectivity index (χ2v) is 15.9. The molecule has 0 spiro atoms. The first-order chi connectivity index (χ1) is 31.7. The first-order valence-electron chi connectivity index (χ1n) is 21.3. The lowest BCUT2D eigenvalue weighted by molar-refractivity contribution is 1.07. The molecule has 0 saturated heterocycles. The van der Waals surface area contributed by atoms with E-state index in [-0.39, 0.29) is 0 Å². The highest BCUT2D eigenvalue weighted by Gasteiger charge is 2.22. The molecule has 6 heteroatoms. The molecular formula is C58H36N6. The highest BCUT2D eigenvalue weighted by Crippen LogP contribution is 2.42. The van der Waals surface area contributed by atoms with Crippen LogP contribution in [0.2, 0.25) is 0 Å². The molecule has 0 N–H and O–H groups in total. The van der Waals surface area contributed by atoms with E-state index in [4.69, 9.17) is 15.0 Å². The van der Waals surface area contributed by atoms with Crippen molar-refractivity contribution < 1.29 is 0 Å². The Bertz CT molecular complexity index is 3540. The summed E-state index contributed by atoms with van der Waals surface area (Å²) in [5, 5.41) is 15.8. The number of hydrogen-bond donors (Lipinski definition) is 0. The van der Waals surface area contributed by atoms with Crippen LogP contribution in [0.15, 0.2) is 218 Å². The monoisotopic (exact) mass is 816 g/mol. The van der Waals surface area contributed by atoms with E-state index < -0.39 is 0 Å². The fourth-order valence-corrected chi connectivity index (χ4v) is 9.28. The maximum Gasteiger partial charge on any atom is 0.164 e. The summed E-state index contributed by atoms with van der Waals surface area (Å²) in [6.45, 7) is 0. The second kappa shape index (κ2) is 15.2. The van der Waals surface area contributed by atoms with Crippen LogP contribution in [-0.4, -0.2) is 24.1 Å². The Kier molecular flexibility index (Phi) is 8.77. The second-order valence-electron chi connectivity index (χ2n) is 15.9. The lowest BCUT2D eigenvalue weighted by Crippen LogP contribution is -2.01. The van der Waals surface area contributed by atoms with Gasteiger partial charge in [0.05, 0.1) is 27.6 Å². The number of para-hydroxylation sites is 4. The maximum atomic E-state index is 11.3. The molecule has 12 rings (SSSR count). The van der Waals surface area contributed by atoms with Gasteiger partial charge in [0.2, 0.25) is 0 Å². The third-order valence-corrected chi connectivity index (χ3v) is 12.2. The Balaban J connectivity index is 1.13. The number of hydrogen-bond acceptors (Lipinski definition) is 4. The van der Waals surface area contributed by atoms with Crippen LogP contribution < -0.4 is 0 Å². The molecule has 0 aliphatic rings. The lowest BCUT2D eigenvalue weighted by Gasteiger charge is -2.15. The van der Waals surface area contributed by atoms with Crippen LogP contribution >= 0.6 is 0 Å². The Morgan fingerprint density at radius 1 is 0.312 bits per heavy atom. The summed E-state index contributed by atoms with van der Waals surface area (Å²) in [6.07, 6.45) is 0. The Morgan fingerprint density at radius 3 is 1.09 bits per heavy atom. The maximum absolute atomic E-state index is 11.3. The van der Waals surface area contributed by atoms with Crippen LogP contribution in [0.4, 0.5) is 0 Å². The normalized spacial score (nSPS) is 11.4. The SMILES string of the molecule is N#Cc1c(-c2ccc3c(c2)c2ccccc2n3-c2ccccc2)cc(-c2nc(-c3ccccc3)nc(-c3ccccc3)n2)cc1-c1ccc2c(c1)c1ccccc1n2-c1ccccc1. The predicted octanol–water partition coefficient (Wildman–Crippen LogP) is 14.3. The molecule has 0 amide bonds. The van der Waals surface area contributed by atoms with Gasteiger partial charge in [-0.05, 0) is 83.9 Å². The van der Waals surface area contributed by atoms with Gasteiger partial charge in [0.1, 0.15) is 6.07 Å². The van der Waals surface area contributed by atoms with Crippen molar-refractivity contribution in [3.63, 3.8) is 0 Å². The van der Waals surface area contributed by atoms with Gasteiger partial charge in [-0.3, -0.25) is 0 Å². The molecule has 0 bridgehead atoms. The van der Waals surface area contributed by atoms with Crippen molar-refractivity contribution in [3.8, 4) is 73.9 Å². The molecule has 12 aromatic rings. The molecule has 0 aliphatic carbocycles. The topological polar surface area (TPSA) is 72.3 Å². The van der Waals surface area contributed by atoms with E-state index in [0.717, 1.165) is 93.9 Å². The van der Waals surface area contributed by atoms with Crippen LogP contribution in [0.3, 0.4) is 0 Å². The molecular weight excluding hydrogens is 781 g/mol. The summed E-state index contributed by atoms with van der Waals surface area (Å²) in [6, 6.07) is 77.9. The van der Waals surface area contributed by atoms with Gasteiger partial charge in [-0.25, -0.2) is 15.0 Å². The molecule has 9 aromatic carbocycles. The van der Waals surface area contributed by atoms with E-state index in [1.54, 1.807) is 0 Å². The Hall–Kier alpha value is -8.92. The smallest absolute Gasteiger partial charge is 0.164 e. The molecule has 6 nitrogen and oxygen atoms in total. The average molecular weight is 817 g/mol. The molecule has 298 valence electrons.